The summed E-state index contributed by atoms with van der Waals surface area (Å²) in [5.41, 5.74) is -0.127. The highest BCUT2D eigenvalue weighted by Gasteiger charge is 2.53. The molecule has 148 valence electrons. The molecule has 6 heteroatoms. The molecule has 1 heterocycles. The molecule has 2 N–H and O–H groups in total. The quantitative estimate of drug-likeness (QED) is 0.769. The highest BCUT2D eigenvalue weighted by Crippen LogP contribution is 2.45. The molecule has 3 amide bonds. The molecule has 5 nitrogen and oxygen atoms in total. The van der Waals surface area contributed by atoms with Gasteiger partial charge in [0.25, 0.3) is 5.91 Å². The number of hydrogen-bond acceptors (Lipinski definition) is 3. The summed E-state index contributed by atoms with van der Waals surface area (Å²) in [6.07, 6.45) is 3.12. The van der Waals surface area contributed by atoms with Crippen molar-refractivity contribution in [2.45, 2.75) is 64.5 Å². The molecule has 3 rings (SSSR count). The number of rotatable bonds is 5. The molecule has 2 fully saturated rings. The first-order chi connectivity index (χ1) is 12.7. The predicted molar refractivity (Wildman–Crippen MR) is 100 cm³/mol. The van der Waals surface area contributed by atoms with Crippen LogP contribution in [0, 0.1) is 17.2 Å². The summed E-state index contributed by atoms with van der Waals surface area (Å²) in [7, 11) is 0. The summed E-state index contributed by atoms with van der Waals surface area (Å²) >= 11 is 0. The van der Waals surface area contributed by atoms with E-state index in [9.17, 15) is 19.1 Å². The van der Waals surface area contributed by atoms with Gasteiger partial charge < -0.3 is 10.4 Å². The smallest absolute Gasteiger partial charge is 0.325 e. The van der Waals surface area contributed by atoms with Crippen molar-refractivity contribution in [2.75, 3.05) is 6.54 Å². The Morgan fingerprint density at radius 3 is 2.41 bits per heavy atom. The molecule has 1 atom stereocenters. The van der Waals surface area contributed by atoms with Gasteiger partial charge in [0, 0.05) is 0 Å². The average molecular weight is 376 g/mol. The molecule has 1 spiro atoms. The van der Waals surface area contributed by atoms with E-state index in [2.05, 4.69) is 26.1 Å². The van der Waals surface area contributed by atoms with Crippen LogP contribution in [0.25, 0.3) is 0 Å². The molecule has 1 aromatic carbocycles. The number of nitrogens with zero attached hydrogens (tertiary/aromatic N) is 1. The molecule has 2 aliphatic rings. The monoisotopic (exact) mass is 376 g/mol. The summed E-state index contributed by atoms with van der Waals surface area (Å²) < 4.78 is 13.0. The molecule has 0 radical (unpaired) electrons. The van der Waals surface area contributed by atoms with E-state index in [0.717, 1.165) is 24.2 Å². The Bertz CT molecular complexity index is 709. The SMILES string of the molecule is CCC(C)(C)C1CCC2(CC1)NC(=O)N(CC(O)c1ccc(F)cc1)C2=O. The van der Waals surface area contributed by atoms with Gasteiger partial charge in [-0.25, -0.2) is 9.18 Å². The van der Waals surface area contributed by atoms with Crippen molar-refractivity contribution in [3.05, 3.63) is 35.6 Å². The van der Waals surface area contributed by atoms with Crippen LogP contribution in [0.1, 0.15) is 64.5 Å². The predicted octanol–water partition coefficient (Wildman–Crippen LogP) is 3.78. The summed E-state index contributed by atoms with van der Waals surface area (Å²) in [6, 6.07) is 4.98. The van der Waals surface area contributed by atoms with Gasteiger partial charge in [-0.1, -0.05) is 39.3 Å². The fraction of sp³-hybridized carbons (Fsp3) is 0.619. The zero-order valence-electron chi connectivity index (χ0n) is 16.3. The van der Waals surface area contributed by atoms with Crippen molar-refractivity contribution >= 4 is 11.9 Å². The topological polar surface area (TPSA) is 69.6 Å². The van der Waals surface area contributed by atoms with Gasteiger partial charge in [0.15, 0.2) is 0 Å². The lowest BCUT2D eigenvalue weighted by molar-refractivity contribution is -0.134. The molecule has 1 unspecified atom stereocenters. The Morgan fingerprint density at radius 1 is 1.26 bits per heavy atom. The Balaban J connectivity index is 1.68. The third kappa shape index (κ3) is 3.72. The summed E-state index contributed by atoms with van der Waals surface area (Å²) in [5, 5.41) is 13.3. The van der Waals surface area contributed by atoms with Crippen LogP contribution in [0.5, 0.6) is 0 Å². The number of benzene rings is 1. The van der Waals surface area contributed by atoms with Crippen molar-refractivity contribution in [2.24, 2.45) is 11.3 Å². The Hall–Kier alpha value is -1.95. The van der Waals surface area contributed by atoms with Crippen molar-refractivity contribution in [1.29, 1.82) is 0 Å². The maximum Gasteiger partial charge on any atom is 0.325 e. The lowest BCUT2D eigenvalue weighted by Gasteiger charge is -2.42. The molecule has 1 aromatic rings. The minimum Gasteiger partial charge on any atom is -0.387 e. The molecule has 27 heavy (non-hydrogen) atoms. The van der Waals surface area contributed by atoms with E-state index in [1.165, 1.54) is 24.3 Å². The molecular formula is C21H29FN2O3. The van der Waals surface area contributed by atoms with E-state index in [-0.39, 0.29) is 17.9 Å². The molecule has 1 aliphatic heterocycles. The zero-order valence-corrected chi connectivity index (χ0v) is 16.3. The second-order valence-electron chi connectivity index (χ2n) is 8.61. The van der Waals surface area contributed by atoms with Crippen molar-refractivity contribution < 1.29 is 19.1 Å². The van der Waals surface area contributed by atoms with E-state index >= 15 is 0 Å². The molecular weight excluding hydrogens is 347 g/mol. The first-order valence-electron chi connectivity index (χ1n) is 9.76. The molecule has 0 aromatic heterocycles. The van der Waals surface area contributed by atoms with Gasteiger partial charge in [-0.3, -0.25) is 9.69 Å². The number of aliphatic hydroxyl groups excluding tert-OH is 1. The van der Waals surface area contributed by atoms with E-state index in [1.807, 2.05) is 0 Å². The largest absolute Gasteiger partial charge is 0.387 e. The number of amides is 3. The number of β-amino-alcohol motifs (C(OH)–C–C–N with tert-alkyl or cyclic N) is 1. The van der Waals surface area contributed by atoms with Gasteiger partial charge in [0.1, 0.15) is 11.4 Å². The van der Waals surface area contributed by atoms with Crippen molar-refractivity contribution in [3.8, 4) is 0 Å². The maximum atomic E-state index is 13.0. The third-order valence-electron chi connectivity index (χ3n) is 6.71. The fourth-order valence-electron chi connectivity index (χ4n) is 4.32. The second kappa shape index (κ2) is 7.23. The summed E-state index contributed by atoms with van der Waals surface area (Å²) in [6.45, 7) is 6.58. The first-order valence-corrected chi connectivity index (χ1v) is 9.76. The molecule has 1 saturated carbocycles. The number of hydrogen-bond donors (Lipinski definition) is 2. The number of imide groups is 1. The van der Waals surface area contributed by atoms with E-state index < -0.39 is 23.5 Å². The van der Waals surface area contributed by atoms with Crippen molar-refractivity contribution in [3.63, 3.8) is 0 Å². The Kier molecular flexibility index (Phi) is 5.30. The van der Waals surface area contributed by atoms with E-state index in [4.69, 9.17) is 0 Å². The average Bonchev–Trinajstić information content (AvgIpc) is 2.86. The van der Waals surface area contributed by atoms with Gasteiger partial charge in [0.2, 0.25) is 0 Å². The summed E-state index contributed by atoms with van der Waals surface area (Å²) in [5.74, 6) is -0.107. The van der Waals surface area contributed by atoms with Gasteiger partial charge in [-0.05, 0) is 54.7 Å². The van der Waals surface area contributed by atoms with Gasteiger partial charge in [-0.15, -0.1) is 0 Å². The lowest BCUT2D eigenvalue weighted by atomic mass is 9.65. The number of carbonyl (C=O) groups is 2. The highest BCUT2D eigenvalue weighted by atomic mass is 19.1. The van der Waals surface area contributed by atoms with Crippen LogP contribution in [0.15, 0.2) is 24.3 Å². The standard InChI is InChI=1S/C21H29FN2O3/c1-4-20(2,3)15-9-11-21(12-10-15)18(26)24(19(27)23-21)13-17(25)14-5-7-16(22)8-6-14/h5-8,15,17,25H,4,9-13H2,1-3H3,(H,23,27). The third-order valence-corrected chi connectivity index (χ3v) is 6.71. The van der Waals surface area contributed by atoms with Gasteiger partial charge >= 0.3 is 6.03 Å². The van der Waals surface area contributed by atoms with Gasteiger partial charge in [-0.2, -0.15) is 0 Å². The Labute approximate surface area is 159 Å². The van der Waals surface area contributed by atoms with Crippen LogP contribution in [0.4, 0.5) is 9.18 Å². The van der Waals surface area contributed by atoms with Crippen LogP contribution in [-0.2, 0) is 4.79 Å². The summed E-state index contributed by atoms with van der Waals surface area (Å²) in [4.78, 5) is 26.6. The Morgan fingerprint density at radius 2 is 1.85 bits per heavy atom. The van der Waals surface area contributed by atoms with Crippen LogP contribution < -0.4 is 5.32 Å². The normalized spacial score (nSPS) is 27.1. The van der Waals surface area contributed by atoms with E-state index in [1.54, 1.807) is 0 Å². The number of halogens is 1. The number of urea groups is 1. The molecule has 0 bridgehead atoms. The maximum absolute atomic E-state index is 13.0. The van der Waals surface area contributed by atoms with E-state index in [0.29, 0.717) is 24.3 Å². The number of carbonyl (C=O) groups excluding carboxylic acids is 2. The number of aliphatic hydroxyl groups is 1. The lowest BCUT2D eigenvalue weighted by Crippen LogP contribution is -2.51. The minimum atomic E-state index is -1.04. The first kappa shape index (κ1) is 19.8. The minimum absolute atomic E-state index is 0.123. The second-order valence-corrected chi connectivity index (χ2v) is 8.61. The van der Waals surface area contributed by atoms with Crippen LogP contribution >= 0.6 is 0 Å². The molecule has 1 saturated heterocycles. The zero-order chi connectivity index (χ0) is 19.8. The fourth-order valence-corrected chi connectivity index (χ4v) is 4.32. The highest BCUT2D eigenvalue weighted by molar-refractivity contribution is 6.07. The van der Waals surface area contributed by atoms with Gasteiger partial charge in [0.05, 0.1) is 12.6 Å². The van der Waals surface area contributed by atoms with Crippen molar-refractivity contribution in [1.82, 2.24) is 10.2 Å². The van der Waals surface area contributed by atoms with Crippen LogP contribution in [-0.4, -0.2) is 34.0 Å². The van der Waals surface area contributed by atoms with Crippen LogP contribution in [0.3, 0.4) is 0 Å². The molecule has 1 aliphatic carbocycles. The van der Waals surface area contributed by atoms with Crippen LogP contribution in [0.2, 0.25) is 0 Å². The number of nitrogens with one attached hydrogen (secondary N) is 1.